The fourth-order valence-electron chi connectivity index (χ4n) is 2.64. The van der Waals surface area contributed by atoms with Crippen LogP contribution >= 0.6 is 0 Å². The van der Waals surface area contributed by atoms with Crippen LogP contribution in [-0.2, 0) is 16.0 Å². The van der Waals surface area contributed by atoms with E-state index in [2.05, 4.69) is 25.3 Å². The molecular formula is C19H18F3N4O3+. The van der Waals surface area contributed by atoms with Gasteiger partial charge in [0.15, 0.2) is 11.9 Å². The molecule has 1 aromatic heterocycles. The van der Waals surface area contributed by atoms with E-state index in [1.807, 2.05) is 24.3 Å². The highest BCUT2D eigenvalue weighted by molar-refractivity contribution is 5.74. The molecule has 0 aliphatic rings. The van der Waals surface area contributed by atoms with Crippen LogP contribution < -0.4 is 10.5 Å². The SMILES string of the molecule is COC(=O)C([NH3+])Cc1ccc(-c2ncn(-c3ccc(OC(F)(F)F)cc3)n2)cc1. The molecule has 0 saturated heterocycles. The molecule has 2 aromatic carbocycles. The average Bonchev–Trinajstić information content (AvgIpc) is 3.17. The van der Waals surface area contributed by atoms with Gasteiger partial charge < -0.3 is 15.2 Å². The number of esters is 1. The summed E-state index contributed by atoms with van der Waals surface area (Å²) >= 11 is 0. The van der Waals surface area contributed by atoms with Gasteiger partial charge in [-0.05, 0) is 29.8 Å². The van der Waals surface area contributed by atoms with E-state index in [-0.39, 0.29) is 11.7 Å². The summed E-state index contributed by atoms with van der Waals surface area (Å²) < 4.78 is 46.7. The number of carbonyl (C=O) groups excluding carboxylic acids is 1. The lowest BCUT2D eigenvalue weighted by atomic mass is 10.0. The van der Waals surface area contributed by atoms with Crippen molar-refractivity contribution >= 4 is 5.97 Å². The topological polar surface area (TPSA) is 93.9 Å². The van der Waals surface area contributed by atoms with Gasteiger partial charge in [-0.2, -0.15) is 0 Å². The van der Waals surface area contributed by atoms with E-state index in [9.17, 15) is 18.0 Å². The summed E-state index contributed by atoms with van der Waals surface area (Å²) in [6, 6.07) is 12.1. The summed E-state index contributed by atoms with van der Waals surface area (Å²) in [5, 5.41) is 4.34. The van der Waals surface area contributed by atoms with Crippen LogP contribution in [0.3, 0.4) is 0 Å². The van der Waals surface area contributed by atoms with Crippen LogP contribution in [0.25, 0.3) is 17.1 Å². The highest BCUT2D eigenvalue weighted by Crippen LogP contribution is 2.24. The van der Waals surface area contributed by atoms with Crippen LogP contribution in [0, 0.1) is 0 Å². The van der Waals surface area contributed by atoms with E-state index in [1.54, 1.807) is 0 Å². The van der Waals surface area contributed by atoms with E-state index >= 15 is 0 Å². The number of carbonyl (C=O) groups is 1. The lowest BCUT2D eigenvalue weighted by Crippen LogP contribution is -2.66. The highest BCUT2D eigenvalue weighted by Gasteiger charge is 2.31. The maximum atomic E-state index is 12.2. The molecule has 0 bridgehead atoms. The van der Waals surface area contributed by atoms with Gasteiger partial charge in [-0.3, -0.25) is 0 Å². The molecule has 3 aromatic rings. The van der Waals surface area contributed by atoms with Crippen molar-refractivity contribution in [1.82, 2.24) is 14.8 Å². The van der Waals surface area contributed by atoms with E-state index in [4.69, 9.17) is 0 Å². The Labute approximate surface area is 163 Å². The molecule has 3 rings (SSSR count). The summed E-state index contributed by atoms with van der Waals surface area (Å²) in [6.07, 6.45) is -2.83. The van der Waals surface area contributed by atoms with Gasteiger partial charge in [-0.15, -0.1) is 18.3 Å². The van der Waals surface area contributed by atoms with E-state index in [0.717, 1.165) is 11.1 Å². The molecule has 7 nitrogen and oxygen atoms in total. The number of hydrogen-bond donors (Lipinski definition) is 1. The normalized spacial score (nSPS) is 12.4. The first-order valence-corrected chi connectivity index (χ1v) is 8.53. The number of quaternary nitrogens is 1. The smallest absolute Gasteiger partial charge is 0.465 e. The van der Waals surface area contributed by atoms with Crippen LogP contribution in [0.4, 0.5) is 13.2 Å². The second-order valence-electron chi connectivity index (χ2n) is 6.18. The van der Waals surface area contributed by atoms with Gasteiger partial charge in [0.2, 0.25) is 0 Å². The van der Waals surface area contributed by atoms with Gasteiger partial charge in [0.25, 0.3) is 0 Å². The largest absolute Gasteiger partial charge is 0.573 e. The molecule has 3 N–H and O–H groups in total. The Balaban J connectivity index is 1.70. The van der Waals surface area contributed by atoms with Crippen molar-refractivity contribution in [1.29, 1.82) is 0 Å². The molecule has 1 unspecified atom stereocenters. The van der Waals surface area contributed by atoms with Crippen molar-refractivity contribution in [2.75, 3.05) is 7.11 Å². The van der Waals surface area contributed by atoms with Gasteiger partial charge in [0.1, 0.15) is 12.1 Å². The predicted octanol–water partition coefficient (Wildman–Crippen LogP) is 2.16. The zero-order valence-electron chi connectivity index (χ0n) is 15.4. The molecule has 152 valence electrons. The second-order valence-corrected chi connectivity index (χ2v) is 6.18. The number of methoxy groups -OCH3 is 1. The van der Waals surface area contributed by atoms with Crippen molar-refractivity contribution in [2.24, 2.45) is 0 Å². The van der Waals surface area contributed by atoms with Gasteiger partial charge in [0.05, 0.1) is 12.8 Å². The number of ether oxygens (including phenoxy) is 2. The molecule has 0 radical (unpaired) electrons. The minimum atomic E-state index is -4.74. The molecule has 0 saturated carbocycles. The van der Waals surface area contributed by atoms with Crippen LogP contribution in [0.15, 0.2) is 54.9 Å². The maximum absolute atomic E-state index is 12.2. The Hall–Kier alpha value is -3.40. The lowest BCUT2D eigenvalue weighted by molar-refractivity contribution is -0.407. The van der Waals surface area contributed by atoms with Crippen LogP contribution in [-0.4, -0.2) is 40.2 Å². The number of rotatable bonds is 6. The Morgan fingerprint density at radius 3 is 2.38 bits per heavy atom. The van der Waals surface area contributed by atoms with Crippen molar-refractivity contribution in [3.63, 3.8) is 0 Å². The Kier molecular flexibility index (Phi) is 5.83. The van der Waals surface area contributed by atoms with Gasteiger partial charge in [0, 0.05) is 12.0 Å². The van der Waals surface area contributed by atoms with Crippen molar-refractivity contribution in [3.05, 3.63) is 60.4 Å². The van der Waals surface area contributed by atoms with Gasteiger partial charge >= 0.3 is 12.3 Å². The quantitative estimate of drug-likeness (QED) is 0.632. The highest BCUT2D eigenvalue weighted by atomic mass is 19.4. The summed E-state index contributed by atoms with van der Waals surface area (Å²) in [4.78, 5) is 15.7. The number of alkyl halides is 3. The van der Waals surface area contributed by atoms with Crippen LogP contribution in [0.1, 0.15) is 5.56 Å². The Bertz CT molecular complexity index is 970. The Morgan fingerprint density at radius 1 is 1.14 bits per heavy atom. The molecule has 0 amide bonds. The van der Waals surface area contributed by atoms with Crippen molar-refractivity contribution in [3.8, 4) is 22.8 Å². The first kappa shape index (κ1) is 20.3. The number of benzene rings is 2. The zero-order chi connectivity index (χ0) is 21.0. The van der Waals surface area contributed by atoms with E-state index in [0.29, 0.717) is 17.9 Å². The fraction of sp³-hybridized carbons (Fsp3) is 0.211. The molecule has 1 atom stereocenters. The predicted molar refractivity (Wildman–Crippen MR) is 95.9 cm³/mol. The number of hydrogen-bond acceptors (Lipinski definition) is 5. The van der Waals surface area contributed by atoms with Crippen LogP contribution in [0.5, 0.6) is 5.75 Å². The Morgan fingerprint density at radius 2 is 1.79 bits per heavy atom. The number of nitrogens with zero attached hydrogens (tertiary/aromatic N) is 3. The minimum absolute atomic E-state index is 0.312. The zero-order valence-corrected chi connectivity index (χ0v) is 15.4. The number of aromatic nitrogens is 3. The van der Waals surface area contributed by atoms with Gasteiger partial charge in [-0.1, -0.05) is 24.3 Å². The molecule has 0 aliphatic heterocycles. The first-order valence-electron chi connectivity index (χ1n) is 8.53. The summed E-state index contributed by atoms with van der Waals surface area (Å²) in [5.41, 5.74) is 5.98. The molecule has 29 heavy (non-hydrogen) atoms. The number of halogens is 3. The fourth-order valence-corrected chi connectivity index (χ4v) is 2.64. The lowest BCUT2D eigenvalue weighted by Gasteiger charge is -2.09. The molecule has 0 fully saturated rings. The second kappa shape index (κ2) is 8.31. The van der Waals surface area contributed by atoms with E-state index in [1.165, 1.54) is 42.4 Å². The third-order valence-corrected chi connectivity index (χ3v) is 4.06. The summed E-state index contributed by atoms with van der Waals surface area (Å²) in [5.74, 6) is -0.236. The molecule has 0 spiro atoms. The van der Waals surface area contributed by atoms with Crippen molar-refractivity contribution in [2.45, 2.75) is 18.8 Å². The first-order chi connectivity index (χ1) is 13.7. The molecule has 1 heterocycles. The summed E-state index contributed by atoms with van der Waals surface area (Å²) in [6.45, 7) is 0. The third-order valence-electron chi connectivity index (χ3n) is 4.06. The van der Waals surface area contributed by atoms with Crippen molar-refractivity contribution < 1.29 is 33.2 Å². The minimum Gasteiger partial charge on any atom is -0.465 e. The summed E-state index contributed by atoms with van der Waals surface area (Å²) in [7, 11) is 1.32. The monoisotopic (exact) mass is 407 g/mol. The van der Waals surface area contributed by atoms with Crippen LogP contribution in [0.2, 0.25) is 0 Å². The molecule has 0 aliphatic carbocycles. The maximum Gasteiger partial charge on any atom is 0.573 e. The molecular weight excluding hydrogens is 389 g/mol. The standard InChI is InChI=1S/C19H17F3N4O3/c1-28-18(27)16(23)10-12-2-4-13(5-3-12)17-24-11-26(25-17)14-6-8-15(9-7-14)29-19(20,21)22/h2-9,11,16H,10,23H2,1H3/p+1. The van der Waals surface area contributed by atoms with Gasteiger partial charge in [-0.25, -0.2) is 14.5 Å². The van der Waals surface area contributed by atoms with E-state index < -0.39 is 12.4 Å². The third kappa shape index (κ3) is 5.32. The molecule has 10 heteroatoms. The average molecular weight is 407 g/mol.